The number of fused-ring (bicyclic) bond motifs is 1. The van der Waals surface area contributed by atoms with E-state index < -0.39 is 85.2 Å². The Hall–Kier alpha value is -3.31. The number of carbonyl (C=O) groups excluding carboxylic acids is 1. The number of benzene rings is 2. The minimum absolute atomic E-state index is 0.0640. The van der Waals surface area contributed by atoms with Gasteiger partial charge in [-0.3, -0.25) is 4.79 Å². The fraction of sp³-hybridized carbons (Fsp3) is 0.531. The molecule has 14 nitrogen and oxygen atoms in total. The Balaban J connectivity index is 1.54. The Labute approximate surface area is 264 Å². The van der Waals surface area contributed by atoms with Gasteiger partial charge in [0, 0.05) is 11.6 Å². The van der Waals surface area contributed by atoms with Gasteiger partial charge in [0.25, 0.3) is 0 Å². The number of phenolic OH excluding ortho intramolecular Hbond substituents is 3. The SMILES string of the molecule is CC(C)=CCc1c(O)cc(O)c2c1O[C@@H](c1ccc(O)cc1)[C@H](O[C@H]1O[C@H](C)[C@@H](O)[C@H](O)[C@@H]1O[C@H]1O[C@H](C)[C@@H](O)[C@H](O)[C@@H]1O)C2=O. The number of aliphatic hydroxyl groups is 5. The van der Waals surface area contributed by atoms with Gasteiger partial charge in [0.05, 0.1) is 12.2 Å². The van der Waals surface area contributed by atoms with Crippen LogP contribution in [0.5, 0.6) is 23.0 Å². The molecule has 2 aromatic rings. The summed E-state index contributed by atoms with van der Waals surface area (Å²) in [5.41, 5.74) is 1.26. The van der Waals surface area contributed by atoms with Crippen LogP contribution in [0.4, 0.5) is 0 Å². The molecule has 2 fully saturated rings. The molecule has 0 saturated carbocycles. The molecule has 46 heavy (non-hydrogen) atoms. The van der Waals surface area contributed by atoms with Gasteiger partial charge in [-0.15, -0.1) is 0 Å². The van der Waals surface area contributed by atoms with E-state index in [0.717, 1.165) is 11.6 Å². The summed E-state index contributed by atoms with van der Waals surface area (Å²) in [4.78, 5) is 14.2. The molecule has 0 spiro atoms. The van der Waals surface area contributed by atoms with Crippen LogP contribution < -0.4 is 4.74 Å². The van der Waals surface area contributed by atoms with Crippen molar-refractivity contribution in [3.05, 3.63) is 58.7 Å². The van der Waals surface area contributed by atoms with Crippen LogP contribution in [0.2, 0.25) is 0 Å². The van der Waals surface area contributed by atoms with Crippen LogP contribution in [0.25, 0.3) is 0 Å². The highest BCUT2D eigenvalue weighted by Gasteiger charge is 2.52. The molecule has 8 N–H and O–H groups in total. The first kappa shape index (κ1) is 34.0. The summed E-state index contributed by atoms with van der Waals surface area (Å²) >= 11 is 0. The molecule has 0 radical (unpaired) electrons. The van der Waals surface area contributed by atoms with Gasteiger partial charge in [0.2, 0.25) is 5.78 Å². The van der Waals surface area contributed by atoms with Crippen molar-refractivity contribution in [2.75, 3.05) is 0 Å². The standard InChI is InChI=1S/C32H40O14/c1-12(2)5-10-17-18(34)11-19(35)20-23(38)29(27(44-28(17)20)15-6-8-16(33)9-7-15)45-32-30(25(40)22(37)14(4)43-32)46-31-26(41)24(39)21(36)13(3)42-31/h5-9,11,13-14,21-22,24-27,29-37,39-41H,10H2,1-4H3/t13-,14-,21-,22-,24+,25+,26+,27+,29-,30+,31-,32-/m1/s1. The highest BCUT2D eigenvalue weighted by Crippen LogP contribution is 2.47. The lowest BCUT2D eigenvalue weighted by atomic mass is 9.89. The first-order valence-corrected chi connectivity index (χ1v) is 14.9. The first-order chi connectivity index (χ1) is 21.7. The lowest BCUT2D eigenvalue weighted by Crippen LogP contribution is -2.64. The summed E-state index contributed by atoms with van der Waals surface area (Å²) in [6, 6.07) is 6.75. The van der Waals surface area contributed by atoms with Crippen LogP contribution in [0, 0.1) is 0 Å². The molecule has 0 bridgehead atoms. The molecule has 0 aliphatic carbocycles. The van der Waals surface area contributed by atoms with Crippen molar-refractivity contribution in [2.45, 2.75) is 108 Å². The number of phenols is 3. The van der Waals surface area contributed by atoms with Gasteiger partial charge in [0.15, 0.2) is 24.8 Å². The second kappa shape index (κ2) is 13.4. The monoisotopic (exact) mass is 648 g/mol. The summed E-state index contributed by atoms with van der Waals surface area (Å²) in [5.74, 6) is -1.78. The van der Waals surface area contributed by atoms with Gasteiger partial charge in [-0.2, -0.15) is 0 Å². The summed E-state index contributed by atoms with van der Waals surface area (Å²) in [7, 11) is 0. The average Bonchev–Trinajstić information content (AvgIpc) is 3.00. The molecule has 5 rings (SSSR count). The predicted molar refractivity (Wildman–Crippen MR) is 157 cm³/mol. The smallest absolute Gasteiger partial charge is 0.203 e. The van der Waals surface area contributed by atoms with E-state index in [2.05, 4.69) is 0 Å². The van der Waals surface area contributed by atoms with Crippen molar-refractivity contribution in [1.29, 1.82) is 0 Å². The number of rotatable bonds is 7. The molecule has 0 amide bonds. The minimum Gasteiger partial charge on any atom is -0.508 e. The zero-order chi connectivity index (χ0) is 33.6. The highest BCUT2D eigenvalue weighted by molar-refractivity contribution is 6.06. The summed E-state index contributed by atoms with van der Waals surface area (Å²) in [6.07, 6.45) is -15.8. The molecule has 0 unspecified atom stereocenters. The number of hydrogen-bond donors (Lipinski definition) is 8. The van der Waals surface area contributed by atoms with Gasteiger partial charge in [-0.05, 0) is 51.8 Å². The molecule has 12 atom stereocenters. The van der Waals surface area contributed by atoms with Crippen LogP contribution in [0.1, 0.15) is 55.3 Å². The minimum atomic E-state index is -1.77. The largest absolute Gasteiger partial charge is 0.508 e. The predicted octanol–water partition coefficient (Wildman–Crippen LogP) is 0.693. The molecule has 0 aromatic heterocycles. The van der Waals surface area contributed by atoms with Crippen molar-refractivity contribution in [1.82, 2.24) is 0 Å². The van der Waals surface area contributed by atoms with Gasteiger partial charge < -0.3 is 64.5 Å². The van der Waals surface area contributed by atoms with Gasteiger partial charge in [-0.1, -0.05) is 23.8 Å². The molecular formula is C32H40O14. The van der Waals surface area contributed by atoms with E-state index >= 15 is 0 Å². The first-order valence-electron chi connectivity index (χ1n) is 14.9. The molecule has 3 aliphatic rings. The number of aromatic hydroxyl groups is 3. The highest BCUT2D eigenvalue weighted by atomic mass is 16.8. The second-order valence-electron chi connectivity index (χ2n) is 12.1. The Morgan fingerprint density at radius 1 is 0.804 bits per heavy atom. The number of ether oxygens (including phenoxy) is 5. The normalized spacial score (nSPS) is 36.1. The van der Waals surface area contributed by atoms with E-state index in [1.165, 1.54) is 38.1 Å². The quantitative estimate of drug-likeness (QED) is 0.194. The van der Waals surface area contributed by atoms with Crippen LogP contribution >= 0.6 is 0 Å². The average molecular weight is 649 g/mol. The summed E-state index contributed by atoms with van der Waals surface area (Å²) < 4.78 is 29.7. The maximum atomic E-state index is 14.2. The van der Waals surface area contributed by atoms with Crippen LogP contribution in [-0.2, 0) is 25.4 Å². The Bertz CT molecular complexity index is 1440. The van der Waals surface area contributed by atoms with Crippen molar-refractivity contribution in [3.8, 4) is 23.0 Å². The van der Waals surface area contributed by atoms with Crippen molar-refractivity contribution < 1.29 is 69.3 Å². The molecule has 2 saturated heterocycles. The van der Waals surface area contributed by atoms with E-state index in [1.54, 1.807) is 0 Å². The summed E-state index contributed by atoms with van der Waals surface area (Å²) in [5, 5.41) is 84.1. The number of hydrogen-bond acceptors (Lipinski definition) is 14. The molecule has 2 aromatic carbocycles. The van der Waals surface area contributed by atoms with Crippen LogP contribution in [-0.4, -0.2) is 114 Å². The maximum absolute atomic E-state index is 14.2. The Kier molecular flexibility index (Phi) is 9.94. The second-order valence-corrected chi connectivity index (χ2v) is 12.1. The van der Waals surface area contributed by atoms with E-state index in [1.807, 2.05) is 19.9 Å². The third-order valence-corrected chi connectivity index (χ3v) is 8.47. The fourth-order valence-corrected chi connectivity index (χ4v) is 5.73. The number of aliphatic hydroxyl groups excluding tert-OH is 5. The van der Waals surface area contributed by atoms with E-state index in [-0.39, 0.29) is 34.8 Å². The van der Waals surface area contributed by atoms with Gasteiger partial charge in [-0.25, -0.2) is 0 Å². The Morgan fingerprint density at radius 2 is 1.41 bits per heavy atom. The van der Waals surface area contributed by atoms with Crippen LogP contribution in [0.3, 0.4) is 0 Å². The lowest BCUT2D eigenvalue weighted by Gasteiger charge is -2.46. The zero-order valence-corrected chi connectivity index (χ0v) is 25.6. The molecular weight excluding hydrogens is 608 g/mol. The van der Waals surface area contributed by atoms with Gasteiger partial charge >= 0.3 is 0 Å². The number of carbonyl (C=O) groups is 1. The molecule has 3 aliphatic heterocycles. The van der Waals surface area contributed by atoms with Gasteiger partial charge in [0.1, 0.15) is 65.2 Å². The van der Waals surface area contributed by atoms with Crippen molar-refractivity contribution in [3.63, 3.8) is 0 Å². The number of allylic oxidation sites excluding steroid dienone is 2. The maximum Gasteiger partial charge on any atom is 0.203 e. The fourth-order valence-electron chi connectivity index (χ4n) is 5.73. The van der Waals surface area contributed by atoms with Crippen molar-refractivity contribution in [2.24, 2.45) is 0 Å². The topological polar surface area (TPSA) is 225 Å². The zero-order valence-electron chi connectivity index (χ0n) is 25.6. The Morgan fingerprint density at radius 3 is 2.04 bits per heavy atom. The lowest BCUT2D eigenvalue weighted by molar-refractivity contribution is -0.366. The number of ketones is 1. The third kappa shape index (κ3) is 6.45. The van der Waals surface area contributed by atoms with E-state index in [4.69, 9.17) is 23.7 Å². The summed E-state index contributed by atoms with van der Waals surface area (Å²) in [6.45, 7) is 6.59. The molecule has 252 valence electrons. The van der Waals surface area contributed by atoms with E-state index in [0.29, 0.717) is 5.56 Å². The van der Waals surface area contributed by atoms with Crippen molar-refractivity contribution >= 4 is 5.78 Å². The molecule has 3 heterocycles. The third-order valence-electron chi connectivity index (χ3n) is 8.47. The van der Waals surface area contributed by atoms with Crippen LogP contribution in [0.15, 0.2) is 42.0 Å². The van der Waals surface area contributed by atoms with E-state index in [9.17, 15) is 45.6 Å². The molecule has 14 heteroatoms. The number of Topliss-reactive ketones (excluding diaryl/α,β-unsaturated/α-hetero) is 1.